The maximum Gasteiger partial charge on any atom is 0.210 e. The summed E-state index contributed by atoms with van der Waals surface area (Å²) in [4.78, 5) is 2.62. The minimum Gasteiger partial charge on any atom is -0.344 e. The van der Waals surface area contributed by atoms with Crippen LogP contribution in [-0.4, -0.2) is 23.4 Å². The summed E-state index contributed by atoms with van der Waals surface area (Å²) in [5.41, 5.74) is 8.38. The molecule has 2 nitrogen and oxygen atoms in total. The number of rotatable bonds is 19. The average molecular weight is 608 g/mol. The van der Waals surface area contributed by atoms with E-state index < -0.39 is 0 Å². The summed E-state index contributed by atoms with van der Waals surface area (Å²) in [5.74, 6) is 0. The lowest BCUT2D eigenvalue weighted by Gasteiger charge is -2.27. The Morgan fingerprint density at radius 3 is 1.96 bits per heavy atom. The molecule has 2 heteroatoms. The molecule has 0 atom stereocenters. The molecule has 0 bridgehead atoms. The molecule has 2 aliphatic heterocycles. The second kappa shape index (κ2) is 17.2. The van der Waals surface area contributed by atoms with Gasteiger partial charge in [-0.15, -0.1) is 0 Å². The summed E-state index contributed by atoms with van der Waals surface area (Å²) in [6.45, 7) is 16.2. The predicted molar refractivity (Wildman–Crippen MR) is 198 cm³/mol. The summed E-state index contributed by atoms with van der Waals surface area (Å²) in [6, 6.07) is 18.1. The maximum absolute atomic E-state index is 2.62. The number of benzene rings is 2. The number of hydrogen-bond acceptors (Lipinski definition) is 1. The van der Waals surface area contributed by atoms with Crippen LogP contribution in [0.1, 0.15) is 143 Å². The molecule has 2 aliphatic rings. The molecule has 0 saturated carbocycles. The van der Waals surface area contributed by atoms with Crippen LogP contribution in [0, 0.1) is 0 Å². The van der Waals surface area contributed by atoms with Gasteiger partial charge in [0.2, 0.25) is 5.69 Å². The van der Waals surface area contributed by atoms with Crippen LogP contribution in [0.25, 0.3) is 0 Å². The van der Waals surface area contributed by atoms with E-state index in [0.717, 1.165) is 13.1 Å². The third-order valence-corrected chi connectivity index (χ3v) is 10.3. The topological polar surface area (TPSA) is 6.25 Å². The van der Waals surface area contributed by atoms with Crippen molar-refractivity contribution >= 4 is 17.1 Å². The van der Waals surface area contributed by atoms with Crippen LogP contribution in [0.5, 0.6) is 0 Å². The fourth-order valence-corrected chi connectivity index (χ4v) is 7.52. The van der Waals surface area contributed by atoms with Crippen LogP contribution >= 0.6 is 0 Å². The molecular weight excluding hydrogens is 544 g/mol. The van der Waals surface area contributed by atoms with Crippen molar-refractivity contribution in [3.05, 3.63) is 95.7 Å². The third-order valence-electron chi connectivity index (χ3n) is 10.3. The first-order valence-electron chi connectivity index (χ1n) is 18.5. The van der Waals surface area contributed by atoms with Crippen LogP contribution in [0.4, 0.5) is 11.4 Å². The van der Waals surface area contributed by atoms with E-state index in [9.17, 15) is 0 Å². The van der Waals surface area contributed by atoms with Gasteiger partial charge in [0.15, 0.2) is 12.3 Å². The van der Waals surface area contributed by atoms with Gasteiger partial charge in [0, 0.05) is 41.1 Å². The fraction of sp³-hybridized carbons (Fsp3) is 0.558. The number of allylic oxidation sites excluding steroid dienone is 5. The summed E-state index contributed by atoms with van der Waals surface area (Å²) < 4.78 is 2.55. The van der Waals surface area contributed by atoms with E-state index in [1.165, 1.54) is 124 Å². The standard InChI is InChI=1S/C43H63N2/c1-7-9-11-13-15-17-19-25-34-44-38-30-23-21-28-36(38)42(3,4)40(44)32-27-33-41-43(5,6)37-29-22-24-31-39(37)45(41)35-26-20-18-16-14-12-10-8-2/h19,21-25,27-33H,7-18,20,26,34-35H2,1-6H3/q+1/b25-19+. The van der Waals surface area contributed by atoms with Crippen molar-refractivity contribution < 1.29 is 4.58 Å². The van der Waals surface area contributed by atoms with Gasteiger partial charge in [-0.05, 0) is 56.9 Å². The normalized spacial score (nSPS) is 17.7. The Kier molecular flexibility index (Phi) is 13.3. The summed E-state index contributed by atoms with van der Waals surface area (Å²) >= 11 is 0. The van der Waals surface area contributed by atoms with Gasteiger partial charge >= 0.3 is 0 Å². The number of unbranched alkanes of at least 4 members (excludes halogenated alkanes) is 12. The van der Waals surface area contributed by atoms with E-state index in [1.807, 2.05) is 0 Å². The zero-order valence-electron chi connectivity index (χ0n) is 29.7. The van der Waals surface area contributed by atoms with Crippen molar-refractivity contribution in [2.24, 2.45) is 0 Å². The smallest absolute Gasteiger partial charge is 0.210 e. The average Bonchev–Trinajstić information content (AvgIpc) is 3.38. The van der Waals surface area contributed by atoms with Crippen molar-refractivity contribution in [1.29, 1.82) is 0 Å². The Labute approximate surface area is 277 Å². The second-order valence-electron chi connectivity index (χ2n) is 14.5. The Bertz CT molecular complexity index is 1340. The molecule has 0 aliphatic carbocycles. The number of nitrogens with zero attached hydrogens (tertiary/aromatic N) is 2. The molecule has 2 heterocycles. The highest BCUT2D eigenvalue weighted by Gasteiger charge is 2.44. The zero-order chi connectivity index (χ0) is 32.1. The molecule has 0 spiro atoms. The first-order chi connectivity index (χ1) is 21.8. The Morgan fingerprint density at radius 1 is 0.644 bits per heavy atom. The first-order valence-corrected chi connectivity index (χ1v) is 18.5. The Balaban J connectivity index is 1.52. The largest absolute Gasteiger partial charge is 0.344 e. The molecule has 4 rings (SSSR count). The van der Waals surface area contributed by atoms with E-state index in [0.29, 0.717) is 0 Å². The first kappa shape index (κ1) is 35.0. The summed E-state index contributed by atoms with van der Waals surface area (Å²) in [6.07, 6.45) is 30.7. The van der Waals surface area contributed by atoms with Crippen LogP contribution in [0.2, 0.25) is 0 Å². The SMILES string of the molecule is CCCCCCC/C=C/C[N+]1=C(/C=C/C=C2\N(CCCCCCCCCC)c3ccccc3C2(C)C)C(C)(C)c2ccccc21. The number of anilines is 1. The van der Waals surface area contributed by atoms with Crippen molar-refractivity contribution in [3.8, 4) is 0 Å². The highest BCUT2D eigenvalue weighted by Crippen LogP contribution is 2.48. The van der Waals surface area contributed by atoms with Crippen molar-refractivity contribution in [1.82, 2.24) is 0 Å². The van der Waals surface area contributed by atoms with Gasteiger partial charge in [-0.1, -0.05) is 147 Å². The van der Waals surface area contributed by atoms with Crippen molar-refractivity contribution in [2.45, 2.75) is 142 Å². The molecule has 45 heavy (non-hydrogen) atoms. The molecule has 0 N–H and O–H groups in total. The highest BCUT2D eigenvalue weighted by molar-refractivity contribution is 6.03. The Hall–Kier alpha value is -2.87. The van der Waals surface area contributed by atoms with E-state index >= 15 is 0 Å². The molecule has 0 aromatic heterocycles. The fourth-order valence-electron chi connectivity index (χ4n) is 7.52. The molecule has 0 amide bonds. The molecule has 0 fully saturated rings. The number of hydrogen-bond donors (Lipinski definition) is 0. The lowest BCUT2D eigenvalue weighted by atomic mass is 9.81. The summed E-state index contributed by atoms with van der Waals surface area (Å²) in [5, 5.41) is 0. The molecule has 0 radical (unpaired) electrons. The van der Waals surface area contributed by atoms with Crippen LogP contribution in [-0.2, 0) is 10.8 Å². The van der Waals surface area contributed by atoms with E-state index in [1.54, 1.807) is 0 Å². The van der Waals surface area contributed by atoms with Gasteiger partial charge < -0.3 is 4.90 Å². The van der Waals surface area contributed by atoms with E-state index in [2.05, 4.69) is 130 Å². The third kappa shape index (κ3) is 8.69. The minimum atomic E-state index is -0.0371. The van der Waals surface area contributed by atoms with Gasteiger partial charge in [0.1, 0.15) is 0 Å². The van der Waals surface area contributed by atoms with Gasteiger partial charge in [0.25, 0.3) is 0 Å². The number of para-hydroxylation sites is 2. The predicted octanol–water partition coefficient (Wildman–Crippen LogP) is 12.4. The molecule has 0 saturated heterocycles. The minimum absolute atomic E-state index is 0.0144. The number of fused-ring (bicyclic) bond motifs is 2. The lowest BCUT2D eigenvalue weighted by molar-refractivity contribution is -0.425. The lowest BCUT2D eigenvalue weighted by Crippen LogP contribution is -2.28. The Morgan fingerprint density at radius 2 is 1.24 bits per heavy atom. The van der Waals surface area contributed by atoms with E-state index in [-0.39, 0.29) is 10.8 Å². The van der Waals surface area contributed by atoms with Gasteiger partial charge in [-0.25, -0.2) is 0 Å². The summed E-state index contributed by atoms with van der Waals surface area (Å²) in [7, 11) is 0. The zero-order valence-corrected chi connectivity index (χ0v) is 29.7. The van der Waals surface area contributed by atoms with Gasteiger partial charge in [0.05, 0.1) is 5.41 Å². The second-order valence-corrected chi connectivity index (χ2v) is 14.5. The van der Waals surface area contributed by atoms with Crippen LogP contribution in [0.15, 0.2) is 84.6 Å². The van der Waals surface area contributed by atoms with Crippen LogP contribution < -0.4 is 4.90 Å². The van der Waals surface area contributed by atoms with Gasteiger partial charge in [-0.2, -0.15) is 4.58 Å². The molecule has 2 aromatic rings. The van der Waals surface area contributed by atoms with Crippen molar-refractivity contribution in [2.75, 3.05) is 18.0 Å². The van der Waals surface area contributed by atoms with Gasteiger partial charge in [-0.3, -0.25) is 0 Å². The van der Waals surface area contributed by atoms with Crippen LogP contribution in [0.3, 0.4) is 0 Å². The monoisotopic (exact) mass is 607 g/mol. The molecular formula is C43H63N2+. The quantitative estimate of drug-likeness (QED) is 0.0874. The highest BCUT2D eigenvalue weighted by atomic mass is 15.2. The molecule has 0 unspecified atom stereocenters. The van der Waals surface area contributed by atoms with E-state index in [4.69, 9.17) is 0 Å². The van der Waals surface area contributed by atoms with Crippen molar-refractivity contribution in [3.63, 3.8) is 0 Å². The molecule has 244 valence electrons. The molecule has 2 aromatic carbocycles. The maximum atomic E-state index is 2.62.